The highest BCUT2D eigenvalue weighted by Crippen LogP contribution is 2.44. The fourth-order valence-corrected chi connectivity index (χ4v) is 6.66. The predicted octanol–water partition coefficient (Wildman–Crippen LogP) is 5.67. The summed E-state index contributed by atoms with van der Waals surface area (Å²) >= 11 is 0. The number of alkyl halides is 3. The maximum Gasteiger partial charge on any atom is 0.416 e. The minimum Gasteiger partial charge on any atom is -0.480 e. The van der Waals surface area contributed by atoms with Crippen molar-refractivity contribution in [3.8, 4) is 11.1 Å². The molecule has 2 aliphatic rings. The Kier molecular flexibility index (Phi) is 10.1. The number of nitrogens with zero attached hydrogens (tertiary/aromatic N) is 3. The number of likely N-dealkylation sites (tertiary alicyclic amines) is 1. The fourth-order valence-electron chi connectivity index (χ4n) is 6.66. The van der Waals surface area contributed by atoms with Crippen LogP contribution in [0.3, 0.4) is 0 Å². The van der Waals surface area contributed by atoms with Gasteiger partial charge in [0, 0.05) is 33.0 Å². The van der Waals surface area contributed by atoms with Crippen molar-refractivity contribution in [3.05, 3.63) is 95.1 Å². The SMILES string of the molecule is CC1CC[C@H](N(C)C(=O)OCC2c3ccccc3-c3ccccc32)C(=O)N([C@@H](Cc2ccc(C(F)(F)F)cc2)C(=O)N(C)CC(=O)O)C1. The summed E-state index contributed by atoms with van der Waals surface area (Å²) in [7, 11) is 2.76. The molecule has 9 nitrogen and oxygen atoms in total. The van der Waals surface area contributed by atoms with Crippen molar-refractivity contribution in [2.75, 3.05) is 33.8 Å². The fraction of sp³-hybridized carbons (Fsp3) is 0.389. The Hall–Kier alpha value is -4.87. The zero-order valence-corrected chi connectivity index (χ0v) is 26.9. The predicted molar refractivity (Wildman–Crippen MR) is 171 cm³/mol. The minimum atomic E-state index is -4.55. The topological polar surface area (TPSA) is 107 Å². The molecule has 0 spiro atoms. The van der Waals surface area contributed by atoms with Crippen molar-refractivity contribution in [2.45, 2.75) is 50.4 Å². The monoisotopic (exact) mass is 665 g/mol. The van der Waals surface area contributed by atoms with E-state index in [1.54, 1.807) is 0 Å². The van der Waals surface area contributed by atoms with Crippen LogP contribution in [-0.2, 0) is 31.7 Å². The number of hydrogen-bond acceptors (Lipinski definition) is 5. The molecule has 254 valence electrons. The van der Waals surface area contributed by atoms with Gasteiger partial charge in [-0.05, 0) is 58.7 Å². The number of hydrogen-bond donors (Lipinski definition) is 1. The lowest BCUT2D eigenvalue weighted by Crippen LogP contribution is -2.57. The van der Waals surface area contributed by atoms with Crippen LogP contribution < -0.4 is 0 Å². The molecule has 1 fully saturated rings. The average molecular weight is 666 g/mol. The van der Waals surface area contributed by atoms with E-state index < -0.39 is 54.2 Å². The second-order valence-corrected chi connectivity index (χ2v) is 12.6. The number of rotatable bonds is 9. The first-order chi connectivity index (χ1) is 22.8. The van der Waals surface area contributed by atoms with E-state index in [-0.39, 0.29) is 31.4 Å². The Morgan fingerprint density at radius 3 is 2.08 bits per heavy atom. The number of amides is 3. The van der Waals surface area contributed by atoms with E-state index in [0.717, 1.165) is 39.3 Å². The molecule has 0 aromatic heterocycles. The molecule has 3 atom stereocenters. The van der Waals surface area contributed by atoms with Crippen LogP contribution >= 0.6 is 0 Å². The average Bonchev–Trinajstić information content (AvgIpc) is 3.29. The Labute approximate surface area is 276 Å². The van der Waals surface area contributed by atoms with Crippen molar-refractivity contribution in [3.63, 3.8) is 0 Å². The number of carbonyl (C=O) groups is 4. The Balaban J connectivity index is 1.37. The molecule has 1 saturated heterocycles. The molecule has 5 rings (SSSR count). The zero-order valence-electron chi connectivity index (χ0n) is 26.9. The van der Waals surface area contributed by atoms with Crippen LogP contribution in [0.4, 0.5) is 18.0 Å². The van der Waals surface area contributed by atoms with Gasteiger partial charge in [0.25, 0.3) is 0 Å². The summed E-state index contributed by atoms with van der Waals surface area (Å²) in [6, 6.07) is 17.9. The number of carboxylic acid groups (broad SMARTS) is 1. The van der Waals surface area contributed by atoms with E-state index in [4.69, 9.17) is 4.74 Å². The van der Waals surface area contributed by atoms with Crippen molar-refractivity contribution in [1.82, 2.24) is 14.7 Å². The van der Waals surface area contributed by atoms with Gasteiger partial charge >= 0.3 is 18.2 Å². The molecule has 3 aromatic carbocycles. The van der Waals surface area contributed by atoms with E-state index in [1.807, 2.05) is 55.5 Å². The summed E-state index contributed by atoms with van der Waals surface area (Å²) in [5, 5.41) is 9.33. The van der Waals surface area contributed by atoms with E-state index in [9.17, 15) is 37.5 Å². The summed E-state index contributed by atoms with van der Waals surface area (Å²) in [4.78, 5) is 56.5. The molecule has 0 bridgehead atoms. The number of carboxylic acids is 1. The third-order valence-corrected chi connectivity index (χ3v) is 9.22. The highest BCUT2D eigenvalue weighted by atomic mass is 19.4. The van der Waals surface area contributed by atoms with Gasteiger partial charge in [0.2, 0.25) is 11.8 Å². The van der Waals surface area contributed by atoms with Crippen LogP contribution in [0.5, 0.6) is 0 Å². The molecule has 1 N–H and O–H groups in total. The third kappa shape index (κ3) is 7.32. The largest absolute Gasteiger partial charge is 0.480 e. The van der Waals surface area contributed by atoms with Gasteiger partial charge in [-0.1, -0.05) is 67.6 Å². The van der Waals surface area contributed by atoms with Crippen LogP contribution in [0.2, 0.25) is 0 Å². The highest BCUT2D eigenvalue weighted by molar-refractivity contribution is 5.92. The number of fused-ring (bicyclic) bond motifs is 3. The Bertz CT molecular complexity index is 1630. The first-order valence-electron chi connectivity index (χ1n) is 15.8. The van der Waals surface area contributed by atoms with Crippen LogP contribution in [0.1, 0.15) is 47.9 Å². The van der Waals surface area contributed by atoms with Crippen molar-refractivity contribution in [2.24, 2.45) is 5.92 Å². The standard InChI is InChI=1S/C36H38F3N3O6/c1-22-12-17-30(41(3)35(47)48-21-29-27-10-6-4-8-25(27)26-9-5-7-11-28(26)29)34(46)42(19-22)31(33(45)40(2)20-32(43)44)18-23-13-15-24(16-14-23)36(37,38)39/h4-11,13-16,22,29-31H,12,17-21H2,1-3H3,(H,43,44)/t22?,30-,31-/m0/s1. The minimum absolute atomic E-state index is 0.0489. The molecule has 0 saturated carbocycles. The van der Waals surface area contributed by atoms with E-state index >= 15 is 0 Å². The number of carbonyl (C=O) groups excluding carboxylic acids is 3. The van der Waals surface area contributed by atoms with Crippen LogP contribution in [0, 0.1) is 5.92 Å². The normalized spacial score (nSPS) is 18.4. The van der Waals surface area contributed by atoms with Crippen molar-refractivity contribution in [1.29, 1.82) is 0 Å². The Morgan fingerprint density at radius 1 is 0.938 bits per heavy atom. The molecule has 1 aliphatic carbocycles. The summed E-state index contributed by atoms with van der Waals surface area (Å²) < 4.78 is 45.5. The summed E-state index contributed by atoms with van der Waals surface area (Å²) in [5.74, 6) is -2.75. The van der Waals surface area contributed by atoms with Crippen LogP contribution in [0.25, 0.3) is 11.1 Å². The number of likely N-dealkylation sites (N-methyl/N-ethyl adjacent to an activating group) is 2. The quantitative estimate of drug-likeness (QED) is 0.316. The van der Waals surface area contributed by atoms with Gasteiger partial charge in [0.05, 0.1) is 5.56 Å². The molecule has 48 heavy (non-hydrogen) atoms. The zero-order chi connectivity index (χ0) is 34.7. The van der Waals surface area contributed by atoms with E-state index in [0.29, 0.717) is 18.4 Å². The number of ether oxygens (including phenoxy) is 1. The first-order valence-corrected chi connectivity index (χ1v) is 15.8. The van der Waals surface area contributed by atoms with Gasteiger partial charge in [0.1, 0.15) is 25.2 Å². The molecule has 1 unspecified atom stereocenters. The first kappa shape index (κ1) is 34.5. The summed E-state index contributed by atoms with van der Waals surface area (Å²) in [6.07, 6.45) is -4.58. The van der Waals surface area contributed by atoms with Gasteiger partial charge in [-0.2, -0.15) is 13.2 Å². The van der Waals surface area contributed by atoms with Gasteiger partial charge in [-0.25, -0.2) is 4.79 Å². The van der Waals surface area contributed by atoms with Crippen LogP contribution in [0.15, 0.2) is 72.8 Å². The summed E-state index contributed by atoms with van der Waals surface area (Å²) in [5.41, 5.74) is 3.72. The molecular formula is C36H38F3N3O6. The lowest BCUT2D eigenvalue weighted by atomic mass is 9.98. The number of halogens is 3. The second kappa shape index (κ2) is 14.1. The molecule has 3 amide bonds. The smallest absolute Gasteiger partial charge is 0.416 e. The number of aliphatic carboxylic acids is 1. The third-order valence-electron chi connectivity index (χ3n) is 9.22. The van der Waals surface area contributed by atoms with Gasteiger partial charge in [-0.15, -0.1) is 0 Å². The molecule has 3 aromatic rings. The Morgan fingerprint density at radius 2 is 1.52 bits per heavy atom. The lowest BCUT2D eigenvalue weighted by Gasteiger charge is -2.36. The van der Waals surface area contributed by atoms with Crippen molar-refractivity contribution < 1.29 is 42.2 Å². The molecule has 1 aliphatic heterocycles. The van der Waals surface area contributed by atoms with E-state index in [1.165, 1.54) is 36.0 Å². The second-order valence-electron chi connectivity index (χ2n) is 12.6. The van der Waals surface area contributed by atoms with Gasteiger partial charge in [0.15, 0.2) is 0 Å². The van der Waals surface area contributed by atoms with E-state index in [2.05, 4.69) is 0 Å². The van der Waals surface area contributed by atoms with Gasteiger partial charge in [-0.3, -0.25) is 19.3 Å². The summed E-state index contributed by atoms with van der Waals surface area (Å²) in [6.45, 7) is 1.44. The molecule has 1 heterocycles. The molecule has 12 heteroatoms. The molecular weight excluding hydrogens is 627 g/mol. The highest BCUT2D eigenvalue weighted by Gasteiger charge is 2.41. The maximum atomic E-state index is 14.2. The molecule has 0 radical (unpaired) electrons. The van der Waals surface area contributed by atoms with Crippen molar-refractivity contribution >= 4 is 23.9 Å². The maximum absolute atomic E-state index is 14.2. The number of benzene rings is 3. The van der Waals surface area contributed by atoms with Crippen LogP contribution in [-0.4, -0.2) is 89.6 Å². The lowest BCUT2D eigenvalue weighted by molar-refractivity contribution is -0.150. The van der Waals surface area contributed by atoms with Gasteiger partial charge < -0.3 is 19.6 Å².